The Labute approximate surface area is 84.9 Å². The van der Waals surface area contributed by atoms with Crippen LogP contribution in [-0.2, 0) is 4.79 Å². The van der Waals surface area contributed by atoms with Gasteiger partial charge in [-0.2, -0.15) is 12.6 Å². The van der Waals surface area contributed by atoms with E-state index in [1.807, 2.05) is 0 Å². The van der Waals surface area contributed by atoms with Gasteiger partial charge in [-0.05, 0) is 43.3 Å². The maximum absolute atomic E-state index is 11.5. The second kappa shape index (κ2) is 3.52. The SMILES string of the molecule is O=C(CC1(CS)CC1)NC1CCC1. The fraction of sp³-hybridized carbons (Fsp3) is 0.900. The summed E-state index contributed by atoms with van der Waals surface area (Å²) in [5, 5.41) is 3.07. The van der Waals surface area contributed by atoms with Crippen molar-refractivity contribution in [3.8, 4) is 0 Å². The van der Waals surface area contributed by atoms with Crippen LogP contribution in [0, 0.1) is 5.41 Å². The minimum Gasteiger partial charge on any atom is -0.353 e. The van der Waals surface area contributed by atoms with Crippen molar-refractivity contribution in [2.24, 2.45) is 5.41 Å². The van der Waals surface area contributed by atoms with Crippen LogP contribution in [0.15, 0.2) is 0 Å². The molecule has 74 valence electrons. The van der Waals surface area contributed by atoms with Gasteiger partial charge in [0.25, 0.3) is 0 Å². The molecule has 3 heteroatoms. The number of carbonyl (C=O) groups excluding carboxylic acids is 1. The van der Waals surface area contributed by atoms with Crippen LogP contribution in [0.2, 0.25) is 0 Å². The Kier molecular flexibility index (Phi) is 2.54. The van der Waals surface area contributed by atoms with Crippen molar-refractivity contribution < 1.29 is 4.79 Å². The van der Waals surface area contributed by atoms with E-state index < -0.39 is 0 Å². The van der Waals surface area contributed by atoms with Crippen LogP contribution in [0.25, 0.3) is 0 Å². The van der Waals surface area contributed by atoms with Crippen molar-refractivity contribution in [2.75, 3.05) is 5.75 Å². The molecule has 0 aliphatic heterocycles. The van der Waals surface area contributed by atoms with Gasteiger partial charge in [0, 0.05) is 12.5 Å². The molecule has 2 saturated carbocycles. The number of rotatable bonds is 4. The van der Waals surface area contributed by atoms with Crippen molar-refractivity contribution in [1.82, 2.24) is 5.32 Å². The highest BCUT2D eigenvalue weighted by Crippen LogP contribution is 2.49. The first kappa shape index (κ1) is 9.38. The zero-order valence-corrected chi connectivity index (χ0v) is 8.78. The van der Waals surface area contributed by atoms with Gasteiger partial charge < -0.3 is 5.32 Å². The topological polar surface area (TPSA) is 29.1 Å². The molecule has 0 aromatic heterocycles. The first-order chi connectivity index (χ1) is 6.24. The molecular formula is C10H17NOS. The van der Waals surface area contributed by atoms with Crippen molar-refractivity contribution in [2.45, 2.75) is 44.6 Å². The van der Waals surface area contributed by atoms with Crippen molar-refractivity contribution in [3.63, 3.8) is 0 Å². The zero-order valence-electron chi connectivity index (χ0n) is 7.88. The molecular weight excluding hydrogens is 182 g/mol. The first-order valence-electron chi connectivity index (χ1n) is 5.14. The number of hydrogen-bond acceptors (Lipinski definition) is 2. The van der Waals surface area contributed by atoms with E-state index >= 15 is 0 Å². The smallest absolute Gasteiger partial charge is 0.220 e. The highest BCUT2D eigenvalue weighted by molar-refractivity contribution is 7.80. The van der Waals surface area contributed by atoms with Gasteiger partial charge in [-0.25, -0.2) is 0 Å². The molecule has 2 fully saturated rings. The largest absolute Gasteiger partial charge is 0.353 e. The molecule has 0 unspecified atom stereocenters. The van der Waals surface area contributed by atoms with E-state index in [1.165, 1.54) is 32.1 Å². The lowest BCUT2D eigenvalue weighted by Crippen LogP contribution is -2.40. The van der Waals surface area contributed by atoms with Crippen molar-refractivity contribution in [3.05, 3.63) is 0 Å². The summed E-state index contributed by atoms with van der Waals surface area (Å²) in [4.78, 5) is 11.5. The molecule has 1 amide bonds. The van der Waals surface area contributed by atoms with Gasteiger partial charge in [0.2, 0.25) is 5.91 Å². The van der Waals surface area contributed by atoms with Crippen LogP contribution >= 0.6 is 12.6 Å². The molecule has 0 aromatic rings. The third kappa shape index (κ3) is 2.19. The van der Waals surface area contributed by atoms with Gasteiger partial charge >= 0.3 is 0 Å². The molecule has 0 aromatic carbocycles. The van der Waals surface area contributed by atoms with E-state index in [2.05, 4.69) is 17.9 Å². The summed E-state index contributed by atoms with van der Waals surface area (Å²) >= 11 is 4.29. The second-order valence-corrected chi connectivity index (χ2v) is 4.85. The average Bonchev–Trinajstić information content (AvgIpc) is 2.78. The van der Waals surface area contributed by atoms with Crippen LogP contribution in [-0.4, -0.2) is 17.7 Å². The summed E-state index contributed by atoms with van der Waals surface area (Å²) in [5.74, 6) is 1.11. The zero-order chi connectivity index (χ0) is 9.31. The van der Waals surface area contributed by atoms with Crippen LogP contribution < -0.4 is 5.32 Å². The Bertz CT molecular complexity index is 209. The lowest BCUT2D eigenvalue weighted by molar-refractivity contribution is -0.123. The monoisotopic (exact) mass is 199 g/mol. The summed E-state index contributed by atoms with van der Waals surface area (Å²) in [6.45, 7) is 0. The van der Waals surface area contributed by atoms with E-state index in [0.29, 0.717) is 12.5 Å². The number of thiol groups is 1. The van der Waals surface area contributed by atoms with Gasteiger partial charge in [0.15, 0.2) is 0 Å². The van der Waals surface area contributed by atoms with Crippen LogP contribution in [0.4, 0.5) is 0 Å². The third-order valence-electron chi connectivity index (χ3n) is 3.30. The summed E-state index contributed by atoms with van der Waals surface area (Å²) in [7, 11) is 0. The van der Waals surface area contributed by atoms with Gasteiger partial charge in [-0.1, -0.05) is 0 Å². The molecule has 0 saturated heterocycles. The molecule has 0 radical (unpaired) electrons. The van der Waals surface area contributed by atoms with Gasteiger partial charge in [0.05, 0.1) is 0 Å². The second-order valence-electron chi connectivity index (χ2n) is 4.53. The first-order valence-corrected chi connectivity index (χ1v) is 5.78. The summed E-state index contributed by atoms with van der Waals surface area (Å²) < 4.78 is 0. The maximum Gasteiger partial charge on any atom is 0.220 e. The lowest BCUT2D eigenvalue weighted by Gasteiger charge is -2.27. The third-order valence-corrected chi connectivity index (χ3v) is 3.97. The molecule has 2 aliphatic rings. The molecule has 2 nitrogen and oxygen atoms in total. The van der Waals surface area contributed by atoms with E-state index in [9.17, 15) is 4.79 Å². The van der Waals surface area contributed by atoms with Gasteiger partial charge in [-0.15, -0.1) is 0 Å². The number of hydrogen-bond donors (Lipinski definition) is 2. The minimum absolute atomic E-state index is 0.247. The predicted octanol–water partition coefficient (Wildman–Crippen LogP) is 1.76. The van der Waals surface area contributed by atoms with E-state index in [4.69, 9.17) is 0 Å². The molecule has 1 N–H and O–H groups in total. The lowest BCUT2D eigenvalue weighted by atomic mass is 9.92. The standard InChI is InChI=1S/C10H17NOS/c12-9(11-8-2-1-3-8)6-10(7-13)4-5-10/h8,13H,1-7H2,(H,11,12). The molecule has 0 atom stereocenters. The van der Waals surface area contributed by atoms with Crippen LogP contribution in [0.3, 0.4) is 0 Å². The fourth-order valence-electron chi connectivity index (χ4n) is 1.74. The molecule has 13 heavy (non-hydrogen) atoms. The highest BCUT2D eigenvalue weighted by atomic mass is 32.1. The molecule has 0 spiro atoms. The fourth-order valence-corrected chi connectivity index (χ4v) is 2.17. The van der Waals surface area contributed by atoms with Crippen molar-refractivity contribution in [1.29, 1.82) is 0 Å². The average molecular weight is 199 g/mol. The minimum atomic E-state index is 0.247. The Hall–Kier alpha value is -0.180. The normalized spacial score (nSPS) is 25.0. The van der Waals surface area contributed by atoms with E-state index in [-0.39, 0.29) is 11.3 Å². The molecule has 0 heterocycles. The molecule has 2 rings (SSSR count). The van der Waals surface area contributed by atoms with Crippen LogP contribution in [0.1, 0.15) is 38.5 Å². The number of nitrogens with one attached hydrogen (secondary N) is 1. The van der Waals surface area contributed by atoms with E-state index in [0.717, 1.165) is 5.75 Å². The molecule has 0 bridgehead atoms. The summed E-state index contributed by atoms with van der Waals surface area (Å²) in [6, 6.07) is 0.489. The number of amides is 1. The van der Waals surface area contributed by atoms with Gasteiger partial charge in [0.1, 0.15) is 0 Å². The predicted molar refractivity (Wildman–Crippen MR) is 55.9 cm³/mol. The summed E-state index contributed by atoms with van der Waals surface area (Å²) in [5.41, 5.74) is 0.275. The van der Waals surface area contributed by atoms with E-state index in [1.54, 1.807) is 0 Å². The molecule has 2 aliphatic carbocycles. The highest BCUT2D eigenvalue weighted by Gasteiger charge is 2.43. The Morgan fingerprint density at radius 2 is 2.15 bits per heavy atom. The number of carbonyl (C=O) groups is 1. The summed E-state index contributed by atoms with van der Waals surface area (Å²) in [6.07, 6.45) is 6.72. The Morgan fingerprint density at radius 1 is 1.46 bits per heavy atom. The quantitative estimate of drug-likeness (QED) is 0.664. The van der Waals surface area contributed by atoms with Crippen LogP contribution in [0.5, 0.6) is 0 Å². The maximum atomic E-state index is 11.5. The Balaban J connectivity index is 1.71. The van der Waals surface area contributed by atoms with Crippen molar-refractivity contribution >= 4 is 18.5 Å². The van der Waals surface area contributed by atoms with Gasteiger partial charge in [-0.3, -0.25) is 4.79 Å². The Morgan fingerprint density at radius 3 is 2.54 bits per heavy atom.